The number of nitrogens with one attached hydrogen (secondary N) is 2. The fourth-order valence-corrected chi connectivity index (χ4v) is 4.13. The quantitative estimate of drug-likeness (QED) is 0.508. The third kappa shape index (κ3) is 5.48. The Morgan fingerprint density at radius 1 is 1.06 bits per heavy atom. The fourth-order valence-electron chi connectivity index (χ4n) is 2.94. The number of amides is 3. The van der Waals surface area contributed by atoms with Crippen molar-refractivity contribution >= 4 is 35.3 Å². The predicted molar refractivity (Wildman–Crippen MR) is 126 cm³/mol. The number of rotatable bonds is 7. The minimum absolute atomic E-state index is 0.0394. The van der Waals surface area contributed by atoms with Crippen LogP contribution >= 0.6 is 23.4 Å². The van der Waals surface area contributed by atoms with Crippen molar-refractivity contribution in [2.45, 2.75) is 23.4 Å². The highest BCUT2D eigenvalue weighted by molar-refractivity contribution is 8.00. The van der Waals surface area contributed by atoms with E-state index in [9.17, 15) is 9.59 Å². The van der Waals surface area contributed by atoms with E-state index in [1.54, 1.807) is 12.1 Å². The van der Waals surface area contributed by atoms with Crippen LogP contribution in [0.4, 0.5) is 4.79 Å². The molecule has 0 aliphatic heterocycles. The molecule has 168 valence electrons. The lowest BCUT2D eigenvalue weighted by molar-refractivity contribution is -0.119. The largest absolute Gasteiger partial charge is 0.341 e. The van der Waals surface area contributed by atoms with Gasteiger partial charge in [0, 0.05) is 17.8 Å². The van der Waals surface area contributed by atoms with E-state index in [1.165, 1.54) is 18.8 Å². The second-order valence-electron chi connectivity index (χ2n) is 7.27. The fraction of sp³-hybridized carbons (Fsp3) is 0.273. The molecule has 2 N–H and O–H groups in total. The number of nitrogens with zero attached hydrogens (tertiary/aromatic N) is 4. The molecular formula is C22H25ClN6O2S. The van der Waals surface area contributed by atoms with Gasteiger partial charge in [0.15, 0.2) is 11.0 Å². The zero-order valence-electron chi connectivity index (χ0n) is 18.2. The Labute approximate surface area is 196 Å². The molecule has 32 heavy (non-hydrogen) atoms. The van der Waals surface area contributed by atoms with Gasteiger partial charge in [-0.05, 0) is 50.8 Å². The predicted octanol–water partition coefficient (Wildman–Crippen LogP) is 3.83. The highest BCUT2D eigenvalue weighted by Crippen LogP contribution is 2.37. The average Bonchev–Trinajstić information content (AvgIpc) is 3.21. The molecule has 0 spiro atoms. The molecule has 3 aromatic rings. The molecule has 0 aliphatic rings. The topological polar surface area (TPSA) is 92.2 Å². The number of imide groups is 1. The van der Waals surface area contributed by atoms with Crippen molar-refractivity contribution in [3.63, 3.8) is 0 Å². The number of halogens is 1. The summed E-state index contributed by atoms with van der Waals surface area (Å²) in [6, 6.07) is 16.0. The first-order valence-corrected chi connectivity index (χ1v) is 11.2. The molecule has 0 saturated heterocycles. The molecule has 1 heterocycles. The van der Waals surface area contributed by atoms with Crippen molar-refractivity contribution in [2.75, 3.05) is 21.1 Å². The number of thioether (sulfide) groups is 1. The summed E-state index contributed by atoms with van der Waals surface area (Å²) in [5.74, 6) is 0.270. The second kappa shape index (κ2) is 10.6. The lowest BCUT2D eigenvalue weighted by atomic mass is 10.1. The summed E-state index contributed by atoms with van der Waals surface area (Å²) in [5.41, 5.74) is 1.57. The van der Waals surface area contributed by atoms with Crippen molar-refractivity contribution in [3.05, 3.63) is 71.0 Å². The molecule has 1 aromatic heterocycles. The Hall–Kier alpha value is -2.88. The first kappa shape index (κ1) is 23.8. The molecule has 10 heteroatoms. The summed E-state index contributed by atoms with van der Waals surface area (Å²) in [4.78, 5) is 26.8. The first-order valence-electron chi connectivity index (χ1n) is 9.93. The van der Waals surface area contributed by atoms with Crippen LogP contribution < -0.4 is 10.6 Å². The third-order valence-corrected chi connectivity index (χ3v) is 6.37. The van der Waals surface area contributed by atoms with Crippen molar-refractivity contribution in [3.8, 4) is 5.69 Å². The maximum Gasteiger partial charge on any atom is 0.321 e. The van der Waals surface area contributed by atoms with Crippen LogP contribution in [-0.4, -0.2) is 52.7 Å². The molecular weight excluding hydrogens is 448 g/mol. The normalized spacial score (nSPS) is 12.9. The third-order valence-electron chi connectivity index (χ3n) is 4.92. The maximum absolute atomic E-state index is 13.0. The minimum Gasteiger partial charge on any atom is -0.341 e. The van der Waals surface area contributed by atoms with Crippen LogP contribution in [0.5, 0.6) is 0 Å². The summed E-state index contributed by atoms with van der Waals surface area (Å²) in [7, 11) is 5.38. The first-order chi connectivity index (χ1) is 15.3. The molecule has 2 atom stereocenters. The molecule has 0 aliphatic carbocycles. The van der Waals surface area contributed by atoms with Crippen LogP contribution in [0.2, 0.25) is 5.02 Å². The van der Waals surface area contributed by atoms with Crippen molar-refractivity contribution in [2.24, 2.45) is 0 Å². The van der Waals surface area contributed by atoms with E-state index in [0.29, 0.717) is 10.2 Å². The number of benzene rings is 2. The van der Waals surface area contributed by atoms with Crippen LogP contribution in [0.25, 0.3) is 5.69 Å². The maximum atomic E-state index is 13.0. The minimum atomic E-state index is -0.716. The Kier molecular flexibility index (Phi) is 7.89. The summed E-state index contributed by atoms with van der Waals surface area (Å²) >= 11 is 7.31. The van der Waals surface area contributed by atoms with Gasteiger partial charge in [0.2, 0.25) is 5.91 Å². The van der Waals surface area contributed by atoms with E-state index >= 15 is 0 Å². The lowest BCUT2D eigenvalue weighted by Gasteiger charge is -2.21. The Bertz CT molecular complexity index is 1070. The lowest BCUT2D eigenvalue weighted by Crippen LogP contribution is -2.39. The van der Waals surface area contributed by atoms with Crippen LogP contribution in [0, 0.1) is 0 Å². The summed E-state index contributed by atoms with van der Waals surface area (Å²) in [6.45, 7) is 2.03. The highest BCUT2D eigenvalue weighted by Gasteiger charge is 2.28. The molecule has 3 rings (SSSR count). The zero-order chi connectivity index (χ0) is 23.3. The SMILES string of the molecule is CNC(=O)NC(=O)[C@H](Sc1nnc([C@H](C)N(C)C)n1-c1ccc(Cl)cc1)c1ccccc1. The van der Waals surface area contributed by atoms with E-state index < -0.39 is 17.2 Å². The standard InChI is InChI=1S/C22H25ClN6O2S/c1-14(28(3)4)19-26-27-22(29(19)17-12-10-16(23)11-13-17)32-18(15-8-6-5-7-9-15)20(30)25-21(31)24-2/h5-14,18H,1-4H3,(H2,24,25,30,31)/t14-,18+/m0/s1. The van der Waals surface area contributed by atoms with Crippen molar-refractivity contribution < 1.29 is 9.59 Å². The van der Waals surface area contributed by atoms with Crippen LogP contribution in [0.1, 0.15) is 29.6 Å². The number of carbonyl (C=O) groups excluding carboxylic acids is 2. The molecule has 3 amide bonds. The van der Waals surface area contributed by atoms with E-state index in [1.807, 2.05) is 73.0 Å². The number of aromatic nitrogens is 3. The molecule has 8 nitrogen and oxygen atoms in total. The van der Waals surface area contributed by atoms with E-state index in [0.717, 1.165) is 17.1 Å². The van der Waals surface area contributed by atoms with Gasteiger partial charge in [0.25, 0.3) is 0 Å². The molecule has 0 saturated carbocycles. The smallest absolute Gasteiger partial charge is 0.321 e. The van der Waals surface area contributed by atoms with Crippen LogP contribution in [-0.2, 0) is 4.79 Å². The van der Waals surface area contributed by atoms with Crippen molar-refractivity contribution in [1.29, 1.82) is 0 Å². The van der Waals surface area contributed by atoms with Crippen LogP contribution in [0.15, 0.2) is 59.8 Å². The van der Waals surface area contributed by atoms with Gasteiger partial charge in [-0.3, -0.25) is 19.6 Å². The van der Waals surface area contributed by atoms with Gasteiger partial charge in [-0.1, -0.05) is 53.7 Å². The molecule has 2 aromatic carbocycles. The highest BCUT2D eigenvalue weighted by atomic mass is 35.5. The summed E-state index contributed by atoms with van der Waals surface area (Å²) in [5, 5.41) is 14.0. The Balaban J connectivity index is 2.06. The molecule has 0 bridgehead atoms. The monoisotopic (exact) mass is 472 g/mol. The van der Waals surface area contributed by atoms with Gasteiger partial charge in [-0.2, -0.15) is 0 Å². The number of carbonyl (C=O) groups is 2. The van der Waals surface area contributed by atoms with Gasteiger partial charge in [0.05, 0.1) is 6.04 Å². The number of hydrogen-bond acceptors (Lipinski definition) is 6. The van der Waals surface area contributed by atoms with Gasteiger partial charge in [0.1, 0.15) is 5.25 Å². The molecule has 0 radical (unpaired) electrons. The summed E-state index contributed by atoms with van der Waals surface area (Å²) in [6.07, 6.45) is 0. The van der Waals surface area contributed by atoms with E-state index in [-0.39, 0.29) is 6.04 Å². The van der Waals surface area contributed by atoms with Crippen LogP contribution in [0.3, 0.4) is 0 Å². The van der Waals surface area contributed by atoms with Gasteiger partial charge in [-0.15, -0.1) is 10.2 Å². The Morgan fingerprint density at radius 3 is 2.31 bits per heavy atom. The van der Waals surface area contributed by atoms with Gasteiger partial charge in [-0.25, -0.2) is 4.79 Å². The number of urea groups is 1. The number of hydrogen-bond donors (Lipinski definition) is 2. The Morgan fingerprint density at radius 2 is 1.72 bits per heavy atom. The molecule has 0 fully saturated rings. The molecule has 0 unspecified atom stereocenters. The summed E-state index contributed by atoms with van der Waals surface area (Å²) < 4.78 is 1.91. The average molecular weight is 473 g/mol. The van der Waals surface area contributed by atoms with Gasteiger partial charge < -0.3 is 5.32 Å². The van der Waals surface area contributed by atoms with Crippen molar-refractivity contribution in [1.82, 2.24) is 30.3 Å². The van der Waals surface area contributed by atoms with E-state index in [2.05, 4.69) is 20.8 Å². The van der Waals surface area contributed by atoms with E-state index in [4.69, 9.17) is 11.6 Å². The van der Waals surface area contributed by atoms with Gasteiger partial charge >= 0.3 is 6.03 Å². The second-order valence-corrected chi connectivity index (χ2v) is 8.78. The zero-order valence-corrected chi connectivity index (χ0v) is 19.8.